The third kappa shape index (κ3) is 4.89. The molecule has 214 valence electrons. The summed E-state index contributed by atoms with van der Waals surface area (Å²) in [7, 11) is 3.03. The quantitative estimate of drug-likeness (QED) is 0.138. The van der Waals surface area contributed by atoms with Crippen LogP contribution in [-0.4, -0.2) is 114 Å². The third-order valence-electron chi connectivity index (χ3n) is 7.67. The van der Waals surface area contributed by atoms with Gasteiger partial charge in [0.1, 0.15) is 42.2 Å². The SMILES string of the molecule is COc1ccc(C=CC(=O)OC2C3C=COC(OC4OC(CO)C(O)C(O)C4O)C3C3(CO)OC23)cc1OC. The number of rotatable bonds is 9. The molecule has 0 bridgehead atoms. The van der Waals surface area contributed by atoms with E-state index in [0.717, 1.165) is 0 Å². The second-order valence-corrected chi connectivity index (χ2v) is 9.77. The van der Waals surface area contributed by atoms with Gasteiger partial charge in [-0.3, -0.25) is 0 Å². The number of carbonyl (C=O) groups is 1. The van der Waals surface area contributed by atoms with Gasteiger partial charge in [-0.2, -0.15) is 0 Å². The fourth-order valence-corrected chi connectivity index (χ4v) is 5.58. The van der Waals surface area contributed by atoms with Crippen LogP contribution < -0.4 is 9.47 Å². The summed E-state index contributed by atoms with van der Waals surface area (Å²) < 4.78 is 39.0. The molecule has 5 rings (SSSR count). The Hall–Kier alpha value is -2.75. The number of hydrogen-bond acceptors (Lipinski definition) is 13. The number of fused-ring (bicyclic) bond motifs is 3. The number of ether oxygens (including phenoxy) is 7. The van der Waals surface area contributed by atoms with Gasteiger partial charge >= 0.3 is 5.97 Å². The Kier molecular flexibility index (Phi) is 7.86. The van der Waals surface area contributed by atoms with Crippen LogP contribution in [0.1, 0.15) is 5.56 Å². The molecule has 1 aromatic rings. The molecule has 0 spiro atoms. The molecule has 13 nitrogen and oxygen atoms in total. The van der Waals surface area contributed by atoms with E-state index in [9.17, 15) is 30.3 Å². The molecular formula is C26H32O13. The van der Waals surface area contributed by atoms with Gasteiger partial charge in [-0.25, -0.2) is 4.79 Å². The molecule has 1 aliphatic carbocycles. The van der Waals surface area contributed by atoms with Crippen LogP contribution in [0.25, 0.3) is 6.08 Å². The molecule has 39 heavy (non-hydrogen) atoms. The van der Waals surface area contributed by atoms with Crippen LogP contribution in [0.3, 0.4) is 0 Å². The van der Waals surface area contributed by atoms with Crippen LogP contribution in [-0.2, 0) is 28.5 Å². The van der Waals surface area contributed by atoms with Crippen LogP contribution in [0.2, 0.25) is 0 Å². The molecule has 4 aliphatic rings. The molecule has 3 fully saturated rings. The second-order valence-electron chi connectivity index (χ2n) is 9.77. The van der Waals surface area contributed by atoms with Gasteiger partial charge in [-0.1, -0.05) is 6.07 Å². The standard InChI is InChI=1S/C26H32O13/c1-33-14-5-3-12(9-15(14)34-2)4-6-17(29)37-22-13-7-8-35-24(18(13)26(11-28)23(22)39-26)38-25-21(32)20(31)19(30)16(10-27)36-25/h3-9,13,16,18-25,27-28,30-32H,10-11H2,1-2H3. The summed E-state index contributed by atoms with van der Waals surface area (Å²) in [6.45, 7) is -1.04. The second kappa shape index (κ2) is 11.0. The zero-order chi connectivity index (χ0) is 27.9. The van der Waals surface area contributed by atoms with E-state index < -0.39 is 85.8 Å². The Labute approximate surface area is 223 Å². The summed E-state index contributed by atoms with van der Waals surface area (Å²) in [5.74, 6) is -0.727. The van der Waals surface area contributed by atoms with E-state index >= 15 is 0 Å². The number of methoxy groups -OCH3 is 2. The van der Waals surface area contributed by atoms with E-state index in [4.69, 9.17) is 33.2 Å². The van der Waals surface area contributed by atoms with Crippen molar-refractivity contribution in [1.29, 1.82) is 0 Å². The van der Waals surface area contributed by atoms with Gasteiger partial charge < -0.3 is 58.7 Å². The normalized spacial score (nSPS) is 40.5. The van der Waals surface area contributed by atoms with Gasteiger partial charge in [0.25, 0.3) is 0 Å². The number of carbonyl (C=O) groups excluding carboxylic acids is 1. The monoisotopic (exact) mass is 552 g/mol. The fourth-order valence-electron chi connectivity index (χ4n) is 5.58. The van der Waals surface area contributed by atoms with Gasteiger partial charge in [0, 0.05) is 12.0 Å². The molecule has 13 heteroatoms. The average molecular weight is 553 g/mol. The molecule has 0 amide bonds. The number of epoxide rings is 1. The first-order chi connectivity index (χ1) is 18.8. The van der Waals surface area contributed by atoms with Crippen molar-refractivity contribution in [3.05, 3.63) is 42.2 Å². The van der Waals surface area contributed by atoms with E-state index in [1.165, 1.54) is 26.6 Å². The maximum absolute atomic E-state index is 12.8. The van der Waals surface area contributed by atoms with Gasteiger partial charge in [0.15, 0.2) is 17.8 Å². The van der Waals surface area contributed by atoms with E-state index in [-0.39, 0.29) is 0 Å². The smallest absolute Gasteiger partial charge is 0.331 e. The van der Waals surface area contributed by atoms with Crippen LogP contribution in [0.4, 0.5) is 0 Å². The summed E-state index contributed by atoms with van der Waals surface area (Å²) in [6.07, 6.45) is -4.14. The molecule has 11 unspecified atom stereocenters. The summed E-state index contributed by atoms with van der Waals surface area (Å²) in [5.41, 5.74) is -0.452. The maximum atomic E-state index is 12.8. The molecule has 11 atom stereocenters. The average Bonchev–Trinajstić information content (AvgIpc) is 3.63. The summed E-state index contributed by atoms with van der Waals surface area (Å²) in [6, 6.07) is 5.17. The predicted molar refractivity (Wildman–Crippen MR) is 129 cm³/mol. The van der Waals surface area contributed by atoms with Crippen molar-refractivity contribution in [2.75, 3.05) is 27.4 Å². The number of aliphatic hydroxyl groups excluding tert-OH is 5. The van der Waals surface area contributed by atoms with Gasteiger partial charge in [0.2, 0.25) is 6.29 Å². The maximum Gasteiger partial charge on any atom is 0.331 e. The Morgan fingerprint density at radius 3 is 2.51 bits per heavy atom. The molecule has 0 aromatic heterocycles. The van der Waals surface area contributed by atoms with Crippen molar-refractivity contribution in [3.8, 4) is 11.5 Å². The number of esters is 1. The highest BCUT2D eigenvalue weighted by Crippen LogP contribution is 2.60. The molecule has 3 aliphatic heterocycles. The molecule has 2 saturated heterocycles. The third-order valence-corrected chi connectivity index (χ3v) is 7.67. The molecule has 0 radical (unpaired) electrons. The first-order valence-corrected chi connectivity index (χ1v) is 12.5. The van der Waals surface area contributed by atoms with Gasteiger partial charge in [-0.05, 0) is 29.8 Å². The lowest BCUT2D eigenvalue weighted by Gasteiger charge is -2.43. The van der Waals surface area contributed by atoms with Crippen molar-refractivity contribution < 1.29 is 63.5 Å². The number of benzene rings is 1. The first-order valence-electron chi connectivity index (χ1n) is 12.5. The Bertz CT molecular complexity index is 1110. The van der Waals surface area contributed by atoms with Crippen molar-refractivity contribution in [2.45, 2.75) is 54.8 Å². The minimum atomic E-state index is -1.64. The lowest BCUT2D eigenvalue weighted by Crippen LogP contribution is -2.60. The van der Waals surface area contributed by atoms with Gasteiger partial charge in [-0.15, -0.1) is 0 Å². The highest BCUT2D eigenvalue weighted by Gasteiger charge is 2.77. The van der Waals surface area contributed by atoms with Crippen LogP contribution in [0.15, 0.2) is 36.6 Å². The zero-order valence-electron chi connectivity index (χ0n) is 21.2. The molecule has 3 heterocycles. The fraction of sp³-hybridized carbons (Fsp3) is 0.577. The summed E-state index contributed by atoms with van der Waals surface area (Å²) in [4.78, 5) is 12.8. The van der Waals surface area contributed by atoms with Crippen molar-refractivity contribution >= 4 is 12.0 Å². The first kappa shape index (κ1) is 27.8. The Morgan fingerprint density at radius 1 is 1.05 bits per heavy atom. The lowest BCUT2D eigenvalue weighted by molar-refractivity contribution is -0.344. The van der Waals surface area contributed by atoms with Crippen LogP contribution in [0.5, 0.6) is 11.5 Å². The van der Waals surface area contributed by atoms with E-state index in [0.29, 0.717) is 17.1 Å². The Morgan fingerprint density at radius 2 is 1.82 bits per heavy atom. The predicted octanol–water partition coefficient (Wildman–Crippen LogP) is -1.31. The minimum Gasteiger partial charge on any atom is -0.493 e. The lowest BCUT2D eigenvalue weighted by atomic mass is 9.85. The van der Waals surface area contributed by atoms with Crippen molar-refractivity contribution in [2.24, 2.45) is 11.8 Å². The zero-order valence-corrected chi connectivity index (χ0v) is 21.2. The van der Waals surface area contributed by atoms with E-state index in [2.05, 4.69) is 0 Å². The van der Waals surface area contributed by atoms with Gasteiger partial charge in [0.05, 0.1) is 39.6 Å². The minimum absolute atomic E-state index is 0.417. The largest absolute Gasteiger partial charge is 0.493 e. The summed E-state index contributed by atoms with van der Waals surface area (Å²) in [5, 5.41) is 50.2. The summed E-state index contributed by atoms with van der Waals surface area (Å²) >= 11 is 0. The molecular weight excluding hydrogens is 520 g/mol. The highest BCUT2D eigenvalue weighted by molar-refractivity contribution is 5.87. The van der Waals surface area contributed by atoms with Crippen LogP contribution >= 0.6 is 0 Å². The number of hydrogen-bond donors (Lipinski definition) is 5. The molecule has 1 saturated carbocycles. The highest BCUT2D eigenvalue weighted by atomic mass is 16.8. The number of aliphatic hydroxyl groups is 5. The van der Waals surface area contributed by atoms with Crippen molar-refractivity contribution in [3.63, 3.8) is 0 Å². The van der Waals surface area contributed by atoms with E-state index in [1.807, 2.05) is 0 Å². The molecule has 5 N–H and O–H groups in total. The molecule has 1 aromatic carbocycles. The Balaban J connectivity index is 1.29. The van der Waals surface area contributed by atoms with E-state index in [1.54, 1.807) is 30.4 Å². The van der Waals surface area contributed by atoms with Crippen molar-refractivity contribution in [1.82, 2.24) is 0 Å². The topological polar surface area (TPSA) is 186 Å². The van der Waals surface area contributed by atoms with Crippen LogP contribution in [0, 0.1) is 11.8 Å².